The topological polar surface area (TPSA) is 56.0 Å². The van der Waals surface area contributed by atoms with Crippen LogP contribution >= 0.6 is 11.8 Å². The quantitative estimate of drug-likeness (QED) is 0.676. The molecule has 2 rings (SSSR count). The lowest BCUT2D eigenvalue weighted by Gasteiger charge is -2.04. The smallest absolute Gasteiger partial charge is 0.176 e. The number of carbonyl (C=O) groups excluding carboxylic acids is 1. The highest BCUT2D eigenvalue weighted by Gasteiger charge is 2.10. The first-order valence-electron chi connectivity index (χ1n) is 5.60. The highest BCUT2D eigenvalue weighted by molar-refractivity contribution is 8.00. The summed E-state index contributed by atoms with van der Waals surface area (Å²) in [5.41, 5.74) is 7.36. The molecule has 0 aliphatic heterocycles. The van der Waals surface area contributed by atoms with Gasteiger partial charge in [0.1, 0.15) is 5.82 Å². The number of rotatable bonds is 4. The number of aromatic nitrogens is 1. The number of anilines is 1. The van der Waals surface area contributed by atoms with Gasteiger partial charge in [0.15, 0.2) is 5.78 Å². The Morgan fingerprint density at radius 1 is 1.33 bits per heavy atom. The van der Waals surface area contributed by atoms with Crippen LogP contribution in [-0.4, -0.2) is 16.5 Å². The summed E-state index contributed by atoms with van der Waals surface area (Å²) in [6.07, 6.45) is 1.58. The minimum Gasteiger partial charge on any atom is -0.383 e. The Balaban J connectivity index is 2.03. The molecule has 1 aromatic carbocycles. The first-order valence-corrected chi connectivity index (χ1v) is 6.58. The third-order valence-corrected chi connectivity index (χ3v) is 3.49. The van der Waals surface area contributed by atoms with E-state index in [1.54, 1.807) is 18.3 Å². The lowest BCUT2D eigenvalue weighted by Crippen LogP contribution is -2.07. The van der Waals surface area contributed by atoms with Gasteiger partial charge in [0.05, 0.1) is 11.3 Å². The summed E-state index contributed by atoms with van der Waals surface area (Å²) < 4.78 is 0. The molecule has 0 radical (unpaired) electrons. The van der Waals surface area contributed by atoms with Gasteiger partial charge in [0.2, 0.25) is 0 Å². The highest BCUT2D eigenvalue weighted by atomic mass is 32.2. The molecule has 1 heterocycles. The SMILES string of the molecule is Cc1cccc(SCC(=O)c2cccnc2N)c1. The van der Waals surface area contributed by atoms with Crippen molar-refractivity contribution in [3.8, 4) is 0 Å². The van der Waals surface area contributed by atoms with Gasteiger partial charge in [-0.05, 0) is 31.2 Å². The molecule has 0 spiro atoms. The number of ketones is 1. The molecule has 3 nitrogen and oxygen atoms in total. The molecule has 0 amide bonds. The van der Waals surface area contributed by atoms with Gasteiger partial charge in [-0.1, -0.05) is 17.7 Å². The second kappa shape index (κ2) is 5.69. The van der Waals surface area contributed by atoms with E-state index in [0.29, 0.717) is 17.1 Å². The second-order valence-corrected chi connectivity index (χ2v) is 5.01. The lowest BCUT2D eigenvalue weighted by molar-refractivity contribution is 0.102. The van der Waals surface area contributed by atoms with Gasteiger partial charge in [-0.3, -0.25) is 4.79 Å². The first-order chi connectivity index (χ1) is 8.66. The fourth-order valence-electron chi connectivity index (χ4n) is 1.59. The molecule has 2 aromatic rings. The number of nitrogens with two attached hydrogens (primary N) is 1. The maximum absolute atomic E-state index is 12.0. The van der Waals surface area contributed by atoms with Crippen LogP contribution in [0.3, 0.4) is 0 Å². The maximum atomic E-state index is 12.0. The minimum absolute atomic E-state index is 0.00658. The summed E-state index contributed by atoms with van der Waals surface area (Å²) in [6.45, 7) is 2.03. The number of benzene rings is 1. The standard InChI is InChI=1S/C14H14N2OS/c1-10-4-2-5-11(8-10)18-9-13(17)12-6-3-7-16-14(12)15/h2-8H,9H2,1H3,(H2,15,16). The molecule has 0 unspecified atom stereocenters. The van der Waals surface area contributed by atoms with Crippen molar-refractivity contribution in [3.05, 3.63) is 53.7 Å². The largest absolute Gasteiger partial charge is 0.383 e. The Morgan fingerprint density at radius 3 is 2.89 bits per heavy atom. The van der Waals surface area contributed by atoms with Crippen LogP contribution in [0, 0.1) is 6.92 Å². The van der Waals surface area contributed by atoms with E-state index >= 15 is 0 Å². The van der Waals surface area contributed by atoms with Crippen molar-refractivity contribution in [1.29, 1.82) is 0 Å². The zero-order chi connectivity index (χ0) is 13.0. The van der Waals surface area contributed by atoms with Crippen LogP contribution in [0.2, 0.25) is 0 Å². The van der Waals surface area contributed by atoms with E-state index in [1.165, 1.54) is 17.3 Å². The number of pyridine rings is 1. The number of hydrogen-bond donors (Lipinski definition) is 1. The van der Waals surface area contributed by atoms with Gasteiger partial charge >= 0.3 is 0 Å². The Bertz CT molecular complexity index is 569. The summed E-state index contributed by atoms with van der Waals surface area (Å²) in [4.78, 5) is 17.0. The van der Waals surface area contributed by atoms with Crippen molar-refractivity contribution < 1.29 is 4.79 Å². The van der Waals surface area contributed by atoms with E-state index < -0.39 is 0 Å². The van der Waals surface area contributed by atoms with Crippen LogP contribution in [0.1, 0.15) is 15.9 Å². The number of nitrogen functional groups attached to an aromatic ring is 1. The highest BCUT2D eigenvalue weighted by Crippen LogP contribution is 2.21. The summed E-state index contributed by atoms with van der Waals surface area (Å²) in [5.74, 6) is 0.679. The van der Waals surface area contributed by atoms with Gasteiger partial charge in [-0.2, -0.15) is 0 Å². The fraction of sp³-hybridized carbons (Fsp3) is 0.143. The van der Waals surface area contributed by atoms with Crippen molar-refractivity contribution in [2.75, 3.05) is 11.5 Å². The molecule has 0 bridgehead atoms. The molecule has 92 valence electrons. The van der Waals surface area contributed by atoms with Crippen molar-refractivity contribution in [2.24, 2.45) is 0 Å². The monoisotopic (exact) mass is 258 g/mol. The fourth-order valence-corrected chi connectivity index (χ4v) is 2.48. The molecular formula is C14H14N2OS. The summed E-state index contributed by atoms with van der Waals surface area (Å²) in [7, 11) is 0. The van der Waals surface area contributed by atoms with Crippen LogP contribution in [0.25, 0.3) is 0 Å². The number of thioether (sulfide) groups is 1. The summed E-state index contributed by atoms with van der Waals surface area (Å²) in [5, 5.41) is 0. The van der Waals surface area contributed by atoms with Gasteiger partial charge < -0.3 is 5.73 Å². The Labute approximate surface area is 110 Å². The third-order valence-electron chi connectivity index (χ3n) is 2.50. The van der Waals surface area contributed by atoms with Crippen LogP contribution in [-0.2, 0) is 0 Å². The molecule has 4 heteroatoms. The number of aryl methyl sites for hydroxylation is 1. The van der Waals surface area contributed by atoms with Gasteiger partial charge in [-0.25, -0.2) is 4.98 Å². The van der Waals surface area contributed by atoms with E-state index in [0.717, 1.165) is 4.90 Å². The van der Waals surface area contributed by atoms with E-state index in [9.17, 15) is 4.79 Å². The minimum atomic E-state index is 0.00658. The van der Waals surface area contributed by atoms with Crippen molar-refractivity contribution in [1.82, 2.24) is 4.98 Å². The predicted molar refractivity (Wildman–Crippen MR) is 74.9 cm³/mol. The van der Waals surface area contributed by atoms with Crippen LogP contribution < -0.4 is 5.73 Å². The number of Topliss-reactive ketones (excluding diaryl/α,β-unsaturated/α-hetero) is 1. The van der Waals surface area contributed by atoms with Crippen molar-refractivity contribution >= 4 is 23.4 Å². The average molecular weight is 258 g/mol. The molecule has 1 aromatic heterocycles. The predicted octanol–water partition coefficient (Wildman–Crippen LogP) is 2.95. The molecule has 18 heavy (non-hydrogen) atoms. The summed E-state index contributed by atoms with van der Waals surface area (Å²) in [6, 6.07) is 11.5. The molecule has 0 aliphatic rings. The second-order valence-electron chi connectivity index (χ2n) is 3.96. The van der Waals surface area contributed by atoms with Crippen molar-refractivity contribution in [3.63, 3.8) is 0 Å². The molecule has 0 atom stereocenters. The van der Waals surface area contributed by atoms with Crippen LogP contribution in [0.4, 0.5) is 5.82 Å². The molecular weight excluding hydrogens is 244 g/mol. The normalized spacial score (nSPS) is 10.3. The zero-order valence-corrected chi connectivity index (χ0v) is 10.9. The number of hydrogen-bond acceptors (Lipinski definition) is 4. The first kappa shape index (κ1) is 12.6. The van der Waals surface area contributed by atoms with E-state index in [1.807, 2.05) is 25.1 Å². The van der Waals surface area contributed by atoms with E-state index in [-0.39, 0.29) is 5.78 Å². The molecule has 0 saturated heterocycles. The molecule has 2 N–H and O–H groups in total. The van der Waals surface area contributed by atoms with Crippen LogP contribution in [0.5, 0.6) is 0 Å². The van der Waals surface area contributed by atoms with Crippen LogP contribution in [0.15, 0.2) is 47.5 Å². The van der Waals surface area contributed by atoms with E-state index in [4.69, 9.17) is 5.73 Å². The molecule has 0 saturated carbocycles. The van der Waals surface area contributed by atoms with Gasteiger partial charge in [0.25, 0.3) is 0 Å². The zero-order valence-electron chi connectivity index (χ0n) is 10.1. The number of nitrogens with zero attached hydrogens (tertiary/aromatic N) is 1. The Kier molecular flexibility index (Phi) is 3.99. The Morgan fingerprint density at radius 2 is 2.17 bits per heavy atom. The van der Waals surface area contributed by atoms with Gasteiger partial charge in [0, 0.05) is 11.1 Å². The van der Waals surface area contributed by atoms with E-state index in [2.05, 4.69) is 11.1 Å². The molecule has 0 aliphatic carbocycles. The Hall–Kier alpha value is -1.81. The maximum Gasteiger partial charge on any atom is 0.176 e. The van der Waals surface area contributed by atoms with Gasteiger partial charge in [-0.15, -0.1) is 11.8 Å². The molecule has 0 fully saturated rings. The van der Waals surface area contributed by atoms with Crippen molar-refractivity contribution in [2.45, 2.75) is 11.8 Å². The number of carbonyl (C=O) groups is 1. The lowest BCUT2D eigenvalue weighted by atomic mass is 10.2. The third kappa shape index (κ3) is 3.11. The summed E-state index contributed by atoms with van der Waals surface area (Å²) >= 11 is 1.51. The average Bonchev–Trinajstić information content (AvgIpc) is 2.37.